The van der Waals surface area contributed by atoms with Crippen molar-refractivity contribution < 1.29 is 13.2 Å². The van der Waals surface area contributed by atoms with Crippen molar-refractivity contribution in [1.29, 1.82) is 0 Å². The smallest absolute Gasteiger partial charge is 0.171 e. The summed E-state index contributed by atoms with van der Waals surface area (Å²) in [5, 5.41) is 0. The molecule has 0 amide bonds. The van der Waals surface area contributed by atoms with E-state index in [9.17, 15) is 13.2 Å². The molecular formula is C6H7F3. The maximum atomic E-state index is 11.8. The van der Waals surface area contributed by atoms with Crippen molar-refractivity contribution in [3.63, 3.8) is 0 Å². The molecule has 3 heteroatoms. The van der Waals surface area contributed by atoms with Crippen LogP contribution in [-0.4, -0.2) is 6.18 Å². The van der Waals surface area contributed by atoms with E-state index in [1.54, 1.807) is 0 Å². The van der Waals surface area contributed by atoms with E-state index in [2.05, 4.69) is 0 Å². The van der Waals surface area contributed by atoms with Gasteiger partial charge >= 0.3 is 6.18 Å². The largest absolute Gasteiger partial charge is 0.392 e. The number of hydrogen-bond donors (Lipinski definition) is 0. The zero-order chi connectivity index (χ0) is 6.65. The van der Waals surface area contributed by atoms with Gasteiger partial charge in [-0.05, 0) is 24.7 Å². The molecule has 0 aromatic rings. The van der Waals surface area contributed by atoms with Gasteiger partial charge in [-0.1, -0.05) is 0 Å². The van der Waals surface area contributed by atoms with Gasteiger partial charge in [-0.15, -0.1) is 0 Å². The molecule has 0 saturated heterocycles. The molecule has 0 unspecified atom stereocenters. The van der Waals surface area contributed by atoms with Crippen LogP contribution in [0.5, 0.6) is 0 Å². The van der Waals surface area contributed by atoms with E-state index in [1.807, 2.05) is 0 Å². The molecule has 3 fully saturated rings. The Balaban J connectivity index is 2.02. The minimum atomic E-state index is -3.88. The highest BCUT2D eigenvalue weighted by Gasteiger charge is 2.64. The predicted molar refractivity (Wildman–Crippen MR) is 25.8 cm³/mol. The van der Waals surface area contributed by atoms with E-state index >= 15 is 0 Å². The van der Waals surface area contributed by atoms with Gasteiger partial charge in [0, 0.05) is 0 Å². The van der Waals surface area contributed by atoms with Crippen molar-refractivity contribution in [1.82, 2.24) is 0 Å². The Morgan fingerprint density at radius 2 is 1.44 bits per heavy atom. The molecule has 0 nitrogen and oxygen atoms in total. The van der Waals surface area contributed by atoms with Gasteiger partial charge in [0.2, 0.25) is 0 Å². The molecule has 0 spiro atoms. The number of alkyl halides is 3. The average Bonchev–Trinajstić information content (AvgIpc) is 1.06. The summed E-state index contributed by atoms with van der Waals surface area (Å²) in [6, 6.07) is 0. The van der Waals surface area contributed by atoms with Crippen LogP contribution in [0.2, 0.25) is 0 Å². The van der Waals surface area contributed by atoms with Crippen LogP contribution in [-0.2, 0) is 0 Å². The van der Waals surface area contributed by atoms with Gasteiger partial charge in [0.05, 0.1) is 5.92 Å². The van der Waals surface area contributed by atoms with E-state index in [1.165, 1.54) is 0 Å². The van der Waals surface area contributed by atoms with Gasteiger partial charge in [-0.2, -0.15) is 13.2 Å². The highest BCUT2D eigenvalue weighted by atomic mass is 19.4. The Morgan fingerprint density at radius 3 is 1.44 bits per heavy atom. The van der Waals surface area contributed by atoms with Crippen LogP contribution in [0, 0.1) is 17.8 Å². The summed E-state index contributed by atoms with van der Waals surface area (Å²) in [7, 11) is 0. The van der Waals surface area contributed by atoms with Gasteiger partial charge in [0.1, 0.15) is 0 Å². The topological polar surface area (TPSA) is 0 Å². The Hall–Kier alpha value is -0.210. The second kappa shape index (κ2) is 1.27. The standard InChI is InChI=1S/C6H7F3/c7-6(8,9)5-3-1-4(5)2-3/h3-5H,1-2H2. The molecule has 0 aliphatic heterocycles. The lowest BCUT2D eigenvalue weighted by Gasteiger charge is -2.58. The Bertz CT molecular complexity index is 124. The monoisotopic (exact) mass is 136 g/mol. The second-order valence-electron chi connectivity index (χ2n) is 3.06. The molecule has 0 radical (unpaired) electrons. The molecule has 3 rings (SSSR count). The molecule has 9 heavy (non-hydrogen) atoms. The number of halogens is 3. The molecule has 0 heterocycles. The number of rotatable bonds is 0. The van der Waals surface area contributed by atoms with Gasteiger partial charge in [0.15, 0.2) is 0 Å². The Morgan fingerprint density at radius 1 is 1.00 bits per heavy atom. The third-order valence-electron chi connectivity index (χ3n) is 2.60. The lowest BCUT2D eigenvalue weighted by atomic mass is 9.48. The molecule has 0 N–H and O–H groups in total. The SMILES string of the molecule is FC(F)(F)C1C2CC1C2. The van der Waals surface area contributed by atoms with Gasteiger partial charge < -0.3 is 0 Å². The van der Waals surface area contributed by atoms with Crippen molar-refractivity contribution in [3.8, 4) is 0 Å². The lowest BCUT2D eigenvalue weighted by Crippen LogP contribution is -2.57. The normalized spacial score (nSPS) is 47.7. The first-order chi connectivity index (χ1) is 4.09. The first-order valence-electron chi connectivity index (χ1n) is 3.16. The highest BCUT2D eigenvalue weighted by Crippen LogP contribution is 2.64. The van der Waals surface area contributed by atoms with E-state index in [-0.39, 0.29) is 11.8 Å². The van der Waals surface area contributed by atoms with Crippen LogP contribution in [0.25, 0.3) is 0 Å². The fourth-order valence-corrected chi connectivity index (χ4v) is 1.82. The summed E-state index contributed by atoms with van der Waals surface area (Å²) >= 11 is 0. The summed E-state index contributed by atoms with van der Waals surface area (Å²) in [4.78, 5) is 0. The van der Waals surface area contributed by atoms with Crippen molar-refractivity contribution >= 4 is 0 Å². The maximum absolute atomic E-state index is 11.8. The molecule has 0 aromatic carbocycles. The van der Waals surface area contributed by atoms with Crippen molar-refractivity contribution in [3.05, 3.63) is 0 Å². The zero-order valence-electron chi connectivity index (χ0n) is 4.78. The highest BCUT2D eigenvalue weighted by molar-refractivity contribution is 5.04. The molecule has 3 saturated carbocycles. The van der Waals surface area contributed by atoms with Crippen LogP contribution in [0.1, 0.15) is 12.8 Å². The first kappa shape index (κ1) is 5.57. The predicted octanol–water partition coefficient (Wildman–Crippen LogP) is 2.20. The van der Waals surface area contributed by atoms with Crippen molar-refractivity contribution in [2.45, 2.75) is 19.0 Å². The molecule has 0 atom stereocenters. The summed E-state index contributed by atoms with van der Waals surface area (Å²) in [5.74, 6) is -0.887. The zero-order valence-corrected chi connectivity index (χ0v) is 4.78. The summed E-state index contributed by atoms with van der Waals surface area (Å²) < 4.78 is 35.3. The fraction of sp³-hybridized carbons (Fsp3) is 1.00. The first-order valence-corrected chi connectivity index (χ1v) is 3.16. The van der Waals surface area contributed by atoms with Crippen LogP contribution in [0.4, 0.5) is 13.2 Å². The van der Waals surface area contributed by atoms with E-state index in [0.717, 1.165) is 12.8 Å². The fourth-order valence-electron chi connectivity index (χ4n) is 1.82. The third-order valence-corrected chi connectivity index (χ3v) is 2.60. The molecule has 3 aliphatic carbocycles. The van der Waals surface area contributed by atoms with Crippen molar-refractivity contribution in [2.24, 2.45) is 17.8 Å². The molecule has 2 bridgehead atoms. The summed E-state index contributed by atoms with van der Waals surface area (Å²) in [6.45, 7) is 0. The third kappa shape index (κ3) is 0.550. The Labute approximate surface area is 51.0 Å². The summed E-state index contributed by atoms with van der Waals surface area (Å²) in [5.41, 5.74) is 0. The van der Waals surface area contributed by atoms with E-state index in [4.69, 9.17) is 0 Å². The minimum absolute atomic E-state index is 0.00926. The van der Waals surface area contributed by atoms with E-state index in [0.29, 0.717) is 0 Å². The molecule has 3 aliphatic rings. The quantitative estimate of drug-likeness (QED) is 0.479. The lowest BCUT2D eigenvalue weighted by molar-refractivity contribution is -0.283. The average molecular weight is 136 g/mol. The van der Waals surface area contributed by atoms with Gasteiger partial charge in [-0.25, -0.2) is 0 Å². The Kier molecular flexibility index (Phi) is 0.788. The van der Waals surface area contributed by atoms with Crippen LogP contribution in [0.3, 0.4) is 0 Å². The maximum Gasteiger partial charge on any atom is 0.392 e. The van der Waals surface area contributed by atoms with Crippen LogP contribution >= 0.6 is 0 Å². The minimum Gasteiger partial charge on any atom is -0.171 e. The van der Waals surface area contributed by atoms with Gasteiger partial charge in [0.25, 0.3) is 0 Å². The van der Waals surface area contributed by atoms with E-state index < -0.39 is 12.1 Å². The van der Waals surface area contributed by atoms with Crippen LogP contribution in [0.15, 0.2) is 0 Å². The number of hydrogen-bond acceptors (Lipinski definition) is 0. The van der Waals surface area contributed by atoms with Crippen LogP contribution < -0.4 is 0 Å². The molecule has 52 valence electrons. The second-order valence-corrected chi connectivity index (χ2v) is 3.06. The molecular weight excluding hydrogens is 129 g/mol. The van der Waals surface area contributed by atoms with Crippen molar-refractivity contribution in [2.75, 3.05) is 0 Å². The summed E-state index contributed by atoms with van der Waals surface area (Å²) in [6.07, 6.45) is -2.21. The molecule has 0 aromatic heterocycles. The van der Waals surface area contributed by atoms with Gasteiger partial charge in [-0.3, -0.25) is 0 Å².